The Kier molecular flexibility index (Phi) is 9.25. The molecule has 0 aliphatic rings. The molecule has 1 N–H and O–H groups in total. The highest BCUT2D eigenvalue weighted by molar-refractivity contribution is 7.99. The van der Waals surface area contributed by atoms with E-state index in [1.807, 2.05) is 67.6 Å². The first kappa shape index (κ1) is 27.0. The van der Waals surface area contributed by atoms with Gasteiger partial charge in [-0.05, 0) is 25.5 Å². The van der Waals surface area contributed by atoms with Crippen molar-refractivity contribution in [1.82, 2.24) is 9.97 Å². The number of nitrogens with zero attached hydrogens (tertiary/aromatic N) is 3. The quantitative estimate of drug-likeness (QED) is 0.186. The molecule has 192 valence electrons. The van der Waals surface area contributed by atoms with Crippen LogP contribution in [0.1, 0.15) is 30.2 Å². The Morgan fingerprint density at radius 2 is 1.84 bits per heavy atom. The van der Waals surface area contributed by atoms with E-state index in [9.17, 15) is 14.9 Å². The summed E-state index contributed by atoms with van der Waals surface area (Å²) in [6.45, 7) is 4.09. The maximum absolute atomic E-state index is 12.6. The minimum atomic E-state index is -0.351. The van der Waals surface area contributed by atoms with E-state index in [1.54, 1.807) is 12.3 Å². The van der Waals surface area contributed by atoms with Gasteiger partial charge in [-0.2, -0.15) is 5.26 Å². The first-order valence-corrected chi connectivity index (χ1v) is 13.9. The molecule has 1 amide bonds. The Bertz CT molecular complexity index is 1460. The first-order valence-electron chi connectivity index (χ1n) is 12.1. The number of hydrogen-bond donors (Lipinski definition) is 1. The van der Waals surface area contributed by atoms with Gasteiger partial charge in [-0.3, -0.25) is 9.59 Å². The van der Waals surface area contributed by atoms with Crippen molar-refractivity contribution in [2.24, 2.45) is 0 Å². The molecular formula is C29H26N4O3S2. The number of carbonyl (C=O) groups is 2. The Labute approximate surface area is 229 Å². The maximum Gasteiger partial charge on any atom is 0.311 e. The van der Waals surface area contributed by atoms with Gasteiger partial charge in [0.1, 0.15) is 11.1 Å². The number of ether oxygens (including phenoxy) is 1. The fraction of sp³-hybridized carbons (Fsp3) is 0.207. The number of esters is 1. The van der Waals surface area contributed by atoms with Crippen molar-refractivity contribution in [2.45, 2.75) is 31.7 Å². The van der Waals surface area contributed by atoms with E-state index in [-0.39, 0.29) is 24.7 Å². The van der Waals surface area contributed by atoms with Crippen LogP contribution in [0.3, 0.4) is 0 Å². The molecule has 0 saturated heterocycles. The fourth-order valence-corrected chi connectivity index (χ4v) is 5.35. The van der Waals surface area contributed by atoms with Crippen molar-refractivity contribution >= 4 is 40.1 Å². The summed E-state index contributed by atoms with van der Waals surface area (Å²) in [5, 5.41) is 15.6. The van der Waals surface area contributed by atoms with Crippen LogP contribution in [0.5, 0.6) is 0 Å². The summed E-state index contributed by atoms with van der Waals surface area (Å²) in [4.78, 5) is 33.3. The third-order valence-corrected chi connectivity index (χ3v) is 7.31. The lowest BCUT2D eigenvalue weighted by molar-refractivity contribution is -0.142. The Balaban J connectivity index is 1.49. The Morgan fingerprint density at radius 1 is 1.08 bits per heavy atom. The van der Waals surface area contributed by atoms with Crippen molar-refractivity contribution in [3.8, 4) is 28.5 Å². The molecule has 0 spiro atoms. The predicted octanol–water partition coefficient (Wildman–Crippen LogP) is 6.28. The predicted molar refractivity (Wildman–Crippen MR) is 151 cm³/mol. The minimum Gasteiger partial charge on any atom is -0.466 e. The van der Waals surface area contributed by atoms with E-state index in [2.05, 4.69) is 16.4 Å². The van der Waals surface area contributed by atoms with Crippen LogP contribution >= 0.6 is 23.1 Å². The van der Waals surface area contributed by atoms with Gasteiger partial charge in [0.2, 0.25) is 5.91 Å². The molecule has 0 fully saturated rings. The summed E-state index contributed by atoms with van der Waals surface area (Å²) in [6, 6.07) is 22.2. The number of carbonyl (C=O) groups excluding carboxylic acids is 2. The lowest BCUT2D eigenvalue weighted by atomic mass is 9.98. The zero-order valence-electron chi connectivity index (χ0n) is 21.1. The summed E-state index contributed by atoms with van der Waals surface area (Å²) >= 11 is 2.64. The van der Waals surface area contributed by atoms with Crippen LogP contribution in [0, 0.1) is 18.3 Å². The number of benzene rings is 2. The molecule has 2 aromatic carbocycles. The number of thioether (sulfide) groups is 1. The van der Waals surface area contributed by atoms with Crippen molar-refractivity contribution in [2.75, 3.05) is 17.7 Å². The number of thiazole rings is 1. The van der Waals surface area contributed by atoms with Crippen LogP contribution < -0.4 is 5.32 Å². The van der Waals surface area contributed by atoms with Crippen molar-refractivity contribution in [3.05, 3.63) is 82.9 Å². The van der Waals surface area contributed by atoms with E-state index in [0.29, 0.717) is 33.8 Å². The molecule has 7 nitrogen and oxygen atoms in total. The number of pyridine rings is 1. The van der Waals surface area contributed by atoms with Crippen LogP contribution in [0.4, 0.5) is 5.13 Å². The summed E-state index contributed by atoms with van der Waals surface area (Å²) in [6.07, 6.45) is 0.277. The first-order chi connectivity index (χ1) is 18.5. The molecule has 0 aliphatic heterocycles. The molecule has 4 aromatic rings. The highest BCUT2D eigenvalue weighted by Gasteiger charge is 2.17. The molecule has 0 bridgehead atoms. The summed E-state index contributed by atoms with van der Waals surface area (Å²) in [5.74, 6) is -0.123. The van der Waals surface area contributed by atoms with Crippen LogP contribution in [0.15, 0.2) is 71.1 Å². The van der Waals surface area contributed by atoms with Gasteiger partial charge in [0.15, 0.2) is 5.13 Å². The molecule has 0 radical (unpaired) electrons. The number of aryl methyl sites for hydroxylation is 1. The molecule has 0 unspecified atom stereocenters. The second-order valence-corrected chi connectivity index (χ2v) is 10.3. The van der Waals surface area contributed by atoms with E-state index in [4.69, 9.17) is 9.72 Å². The fourth-order valence-electron chi connectivity index (χ4n) is 3.68. The van der Waals surface area contributed by atoms with Gasteiger partial charge < -0.3 is 10.1 Å². The number of amides is 1. The number of hydrogen-bond acceptors (Lipinski definition) is 8. The molecule has 0 saturated carbocycles. The number of nitriles is 1. The molecule has 38 heavy (non-hydrogen) atoms. The van der Waals surface area contributed by atoms with Gasteiger partial charge in [0.05, 0.1) is 30.0 Å². The van der Waals surface area contributed by atoms with E-state index in [1.165, 1.54) is 23.1 Å². The second-order valence-electron chi connectivity index (χ2n) is 8.35. The van der Waals surface area contributed by atoms with Crippen LogP contribution in [-0.4, -0.2) is 34.2 Å². The lowest BCUT2D eigenvalue weighted by Crippen LogP contribution is -2.12. The molecule has 2 heterocycles. The van der Waals surface area contributed by atoms with Crippen LogP contribution in [-0.2, 0) is 20.7 Å². The average Bonchev–Trinajstić information content (AvgIpc) is 3.35. The van der Waals surface area contributed by atoms with Crippen molar-refractivity contribution in [1.29, 1.82) is 5.26 Å². The topological polar surface area (TPSA) is 105 Å². The van der Waals surface area contributed by atoms with Gasteiger partial charge in [0, 0.05) is 28.7 Å². The molecular weight excluding hydrogens is 516 g/mol. The van der Waals surface area contributed by atoms with Gasteiger partial charge >= 0.3 is 5.97 Å². The highest BCUT2D eigenvalue weighted by atomic mass is 32.2. The smallest absolute Gasteiger partial charge is 0.311 e. The summed E-state index contributed by atoms with van der Waals surface area (Å²) < 4.78 is 4.94. The molecule has 2 aromatic heterocycles. The van der Waals surface area contributed by atoms with E-state index >= 15 is 0 Å². The number of anilines is 1. The maximum atomic E-state index is 12.6. The minimum absolute atomic E-state index is 0.0692. The third kappa shape index (κ3) is 7.06. The monoisotopic (exact) mass is 542 g/mol. The van der Waals surface area contributed by atoms with Gasteiger partial charge in [0.25, 0.3) is 0 Å². The number of rotatable bonds is 10. The zero-order chi connectivity index (χ0) is 26.9. The highest BCUT2D eigenvalue weighted by Crippen LogP contribution is 2.34. The summed E-state index contributed by atoms with van der Waals surface area (Å²) in [7, 11) is 0. The van der Waals surface area contributed by atoms with Crippen molar-refractivity contribution < 1.29 is 14.3 Å². The normalized spacial score (nSPS) is 10.6. The Hall–Kier alpha value is -4.00. The zero-order valence-corrected chi connectivity index (χ0v) is 22.7. The van der Waals surface area contributed by atoms with Crippen LogP contribution in [0.2, 0.25) is 0 Å². The average molecular weight is 543 g/mol. The molecule has 9 heteroatoms. The largest absolute Gasteiger partial charge is 0.466 e. The molecule has 0 aliphatic carbocycles. The second kappa shape index (κ2) is 13.0. The molecule has 0 atom stereocenters. The lowest BCUT2D eigenvalue weighted by Gasteiger charge is -2.13. The van der Waals surface area contributed by atoms with Crippen molar-refractivity contribution in [3.63, 3.8) is 0 Å². The standard InChI is InChI=1S/C29H26N4O3S2/c1-3-36-27(35)15-22-18-38-29(31-22)33-26(34)13-14-37-28-24(17-30)23(20-11-9-19(2)10-12-20)16-25(32-28)21-7-5-4-6-8-21/h4-12,16,18H,3,13-15H2,1-2H3,(H,31,33,34). The third-order valence-electron chi connectivity index (χ3n) is 5.53. The number of aromatic nitrogens is 2. The SMILES string of the molecule is CCOC(=O)Cc1csc(NC(=O)CCSc2nc(-c3ccccc3)cc(-c3ccc(C)cc3)c2C#N)n1. The van der Waals surface area contributed by atoms with Gasteiger partial charge in [-0.25, -0.2) is 9.97 Å². The van der Waals surface area contributed by atoms with Gasteiger partial charge in [-0.1, -0.05) is 60.2 Å². The molecule has 4 rings (SSSR count). The van der Waals surface area contributed by atoms with E-state index < -0.39 is 0 Å². The summed E-state index contributed by atoms with van der Waals surface area (Å²) in [5.41, 5.74) is 5.65. The van der Waals surface area contributed by atoms with Gasteiger partial charge in [-0.15, -0.1) is 23.1 Å². The van der Waals surface area contributed by atoms with E-state index in [0.717, 1.165) is 27.9 Å². The number of nitrogens with one attached hydrogen (secondary N) is 1. The Morgan fingerprint density at radius 3 is 2.55 bits per heavy atom. The van der Waals surface area contributed by atoms with Crippen LogP contribution in [0.25, 0.3) is 22.4 Å².